The summed E-state index contributed by atoms with van der Waals surface area (Å²) >= 11 is 0. The Morgan fingerprint density at radius 1 is 0.778 bits per heavy atom. The van der Waals surface area contributed by atoms with Crippen LogP contribution in [0.25, 0.3) is 0 Å². The summed E-state index contributed by atoms with van der Waals surface area (Å²) < 4.78 is 11.0. The zero-order valence-electron chi connectivity index (χ0n) is 12.4. The van der Waals surface area contributed by atoms with Crippen LogP contribution in [0, 0.1) is 11.8 Å². The predicted octanol–water partition coefficient (Wildman–Crippen LogP) is 1.26. The molecule has 0 radical (unpaired) electrons. The van der Waals surface area contributed by atoms with E-state index in [4.69, 9.17) is 9.47 Å². The molecule has 0 saturated carbocycles. The second kappa shape index (κ2) is 8.86. The summed E-state index contributed by atoms with van der Waals surface area (Å²) in [6.07, 6.45) is 0.887. The standard InChI is InChI=1S/2C7H15NO/c2*1-6(2)7-5-8-3-4-9-7/h2*6-8H,3-5H2,1-2H3/t2*7-/m10/s1. The quantitative estimate of drug-likeness (QED) is 0.782. The van der Waals surface area contributed by atoms with Gasteiger partial charge in [0.2, 0.25) is 0 Å². The average molecular weight is 258 g/mol. The minimum absolute atomic E-state index is 0.443. The minimum atomic E-state index is 0.443. The fourth-order valence-corrected chi connectivity index (χ4v) is 2.03. The van der Waals surface area contributed by atoms with Crippen molar-refractivity contribution >= 4 is 0 Å². The SMILES string of the molecule is CC(C)[C@@H]1CNCCO1.CC(C)[C@H]1CNCCO1. The van der Waals surface area contributed by atoms with E-state index in [1.54, 1.807) is 0 Å². The molecule has 4 heteroatoms. The van der Waals surface area contributed by atoms with Crippen molar-refractivity contribution in [2.45, 2.75) is 39.9 Å². The Kier molecular flexibility index (Phi) is 7.82. The van der Waals surface area contributed by atoms with Crippen LogP contribution in [0.5, 0.6) is 0 Å². The third-order valence-corrected chi connectivity index (χ3v) is 3.40. The molecule has 0 aromatic rings. The number of rotatable bonds is 2. The molecule has 2 heterocycles. The number of nitrogens with one attached hydrogen (secondary N) is 2. The largest absolute Gasteiger partial charge is 0.375 e. The summed E-state index contributed by atoms with van der Waals surface area (Å²) in [5.41, 5.74) is 0. The first kappa shape index (κ1) is 15.9. The molecule has 2 saturated heterocycles. The van der Waals surface area contributed by atoms with Gasteiger partial charge in [0.15, 0.2) is 0 Å². The van der Waals surface area contributed by atoms with Crippen LogP contribution in [0.3, 0.4) is 0 Å². The molecule has 0 aliphatic carbocycles. The maximum Gasteiger partial charge on any atom is 0.0722 e. The van der Waals surface area contributed by atoms with Crippen molar-refractivity contribution in [2.75, 3.05) is 39.4 Å². The highest BCUT2D eigenvalue weighted by atomic mass is 16.5. The molecule has 108 valence electrons. The van der Waals surface area contributed by atoms with Crippen LogP contribution in [0.15, 0.2) is 0 Å². The second-order valence-electron chi connectivity index (χ2n) is 5.71. The molecule has 0 bridgehead atoms. The number of morpholine rings is 2. The molecule has 0 aromatic carbocycles. The Labute approximate surface area is 112 Å². The van der Waals surface area contributed by atoms with E-state index in [1.165, 1.54) is 0 Å². The third kappa shape index (κ3) is 6.14. The minimum Gasteiger partial charge on any atom is -0.375 e. The molecule has 0 aromatic heterocycles. The number of ether oxygens (including phenoxy) is 2. The van der Waals surface area contributed by atoms with Gasteiger partial charge in [0, 0.05) is 26.2 Å². The third-order valence-electron chi connectivity index (χ3n) is 3.40. The van der Waals surface area contributed by atoms with Gasteiger partial charge in [0.25, 0.3) is 0 Å². The molecule has 18 heavy (non-hydrogen) atoms. The predicted molar refractivity (Wildman–Crippen MR) is 74.9 cm³/mol. The lowest BCUT2D eigenvalue weighted by atomic mass is 10.1. The van der Waals surface area contributed by atoms with E-state index in [9.17, 15) is 0 Å². The summed E-state index contributed by atoms with van der Waals surface area (Å²) in [6.45, 7) is 14.6. The van der Waals surface area contributed by atoms with Crippen molar-refractivity contribution < 1.29 is 9.47 Å². The fourth-order valence-electron chi connectivity index (χ4n) is 2.03. The average Bonchev–Trinajstić information content (AvgIpc) is 2.41. The maximum atomic E-state index is 5.48. The van der Waals surface area contributed by atoms with Gasteiger partial charge in [-0.05, 0) is 11.8 Å². The lowest BCUT2D eigenvalue weighted by Crippen LogP contribution is -2.41. The molecule has 2 N–H and O–H groups in total. The molecular weight excluding hydrogens is 228 g/mol. The van der Waals surface area contributed by atoms with Gasteiger partial charge in [0.05, 0.1) is 25.4 Å². The van der Waals surface area contributed by atoms with Crippen LogP contribution in [0.2, 0.25) is 0 Å². The van der Waals surface area contributed by atoms with Crippen LogP contribution in [-0.2, 0) is 9.47 Å². The van der Waals surface area contributed by atoms with Crippen LogP contribution in [0.4, 0.5) is 0 Å². The smallest absolute Gasteiger partial charge is 0.0722 e. The van der Waals surface area contributed by atoms with E-state index in [0.717, 1.165) is 39.4 Å². The van der Waals surface area contributed by atoms with Gasteiger partial charge in [0.1, 0.15) is 0 Å². The van der Waals surface area contributed by atoms with Gasteiger partial charge in [-0.3, -0.25) is 0 Å². The monoisotopic (exact) mass is 258 g/mol. The van der Waals surface area contributed by atoms with Gasteiger partial charge < -0.3 is 20.1 Å². The molecule has 4 nitrogen and oxygen atoms in total. The normalized spacial score (nSPS) is 29.0. The number of hydrogen-bond acceptors (Lipinski definition) is 4. The van der Waals surface area contributed by atoms with Crippen molar-refractivity contribution in [3.05, 3.63) is 0 Å². The van der Waals surface area contributed by atoms with Crippen LogP contribution in [-0.4, -0.2) is 51.6 Å². The van der Waals surface area contributed by atoms with Crippen LogP contribution < -0.4 is 10.6 Å². The van der Waals surface area contributed by atoms with Crippen molar-refractivity contribution in [1.29, 1.82) is 0 Å². The fraction of sp³-hybridized carbons (Fsp3) is 1.00. The van der Waals surface area contributed by atoms with E-state index >= 15 is 0 Å². The topological polar surface area (TPSA) is 42.5 Å². The molecule has 2 aliphatic rings. The first-order chi connectivity index (χ1) is 8.61. The summed E-state index contributed by atoms with van der Waals surface area (Å²) in [5, 5.41) is 6.58. The van der Waals surface area contributed by atoms with Gasteiger partial charge in [-0.15, -0.1) is 0 Å². The first-order valence-electron chi connectivity index (χ1n) is 7.26. The Balaban J connectivity index is 0.000000180. The van der Waals surface area contributed by atoms with Gasteiger partial charge in [-0.2, -0.15) is 0 Å². The highest BCUT2D eigenvalue weighted by molar-refractivity contribution is 4.70. The highest BCUT2D eigenvalue weighted by Crippen LogP contribution is 2.07. The van der Waals surface area contributed by atoms with Crippen molar-refractivity contribution in [3.63, 3.8) is 0 Å². The Bertz CT molecular complexity index is 176. The summed E-state index contributed by atoms with van der Waals surface area (Å²) in [5.74, 6) is 1.30. The zero-order chi connectivity index (χ0) is 13.4. The van der Waals surface area contributed by atoms with E-state index in [1.807, 2.05) is 0 Å². The zero-order valence-corrected chi connectivity index (χ0v) is 12.4. The molecule has 2 rings (SSSR count). The van der Waals surface area contributed by atoms with E-state index in [-0.39, 0.29) is 0 Å². The molecule has 0 spiro atoms. The molecule has 0 amide bonds. The summed E-state index contributed by atoms with van der Waals surface area (Å²) in [7, 11) is 0. The van der Waals surface area contributed by atoms with Gasteiger partial charge in [-0.1, -0.05) is 27.7 Å². The van der Waals surface area contributed by atoms with Crippen molar-refractivity contribution in [2.24, 2.45) is 11.8 Å². The number of hydrogen-bond donors (Lipinski definition) is 2. The second-order valence-corrected chi connectivity index (χ2v) is 5.71. The summed E-state index contributed by atoms with van der Waals surface area (Å²) in [4.78, 5) is 0. The van der Waals surface area contributed by atoms with Crippen molar-refractivity contribution in [3.8, 4) is 0 Å². The molecule has 2 atom stereocenters. The maximum absolute atomic E-state index is 5.48. The molecule has 2 fully saturated rings. The Hall–Kier alpha value is -0.160. The first-order valence-corrected chi connectivity index (χ1v) is 7.26. The van der Waals surface area contributed by atoms with Crippen LogP contribution >= 0.6 is 0 Å². The summed E-state index contributed by atoms with van der Waals surface area (Å²) in [6, 6.07) is 0. The van der Waals surface area contributed by atoms with Gasteiger partial charge in [-0.25, -0.2) is 0 Å². The van der Waals surface area contributed by atoms with Crippen LogP contribution in [0.1, 0.15) is 27.7 Å². The Morgan fingerprint density at radius 2 is 1.17 bits per heavy atom. The van der Waals surface area contributed by atoms with Gasteiger partial charge >= 0.3 is 0 Å². The lowest BCUT2D eigenvalue weighted by Gasteiger charge is -2.26. The molecular formula is C14H30N2O2. The van der Waals surface area contributed by atoms with Crippen molar-refractivity contribution in [1.82, 2.24) is 10.6 Å². The lowest BCUT2D eigenvalue weighted by molar-refractivity contribution is 0.000460. The van der Waals surface area contributed by atoms with E-state index in [2.05, 4.69) is 38.3 Å². The highest BCUT2D eigenvalue weighted by Gasteiger charge is 2.16. The Morgan fingerprint density at radius 3 is 1.33 bits per heavy atom. The molecule has 0 unspecified atom stereocenters. The molecule has 2 aliphatic heterocycles. The van der Waals surface area contributed by atoms with E-state index in [0.29, 0.717) is 24.0 Å². The van der Waals surface area contributed by atoms with E-state index < -0.39 is 0 Å².